The minimum Gasteiger partial charge on any atom is -0.480 e. The van der Waals surface area contributed by atoms with Crippen LogP contribution in [0.1, 0.15) is 10.4 Å². The number of hydrogen-bond acceptors (Lipinski definition) is 3. The summed E-state index contributed by atoms with van der Waals surface area (Å²) in [5, 5.41) is 8.72. The van der Waals surface area contributed by atoms with E-state index < -0.39 is 11.8 Å². The summed E-state index contributed by atoms with van der Waals surface area (Å²) in [6.45, 7) is 1.87. The molecule has 1 N–H and O–H groups in total. The molecule has 0 bridgehead atoms. The standard InChI is InChI=1S/C13H14BrFN2O3/c14-12-9(2-1-3-10(12)15)13(20)17-6-4-16(5-7-17)8-11(18)19/h1-3H,4-8H2,(H,18,19). The van der Waals surface area contributed by atoms with Gasteiger partial charge in [-0.3, -0.25) is 14.5 Å². The Morgan fingerprint density at radius 1 is 1.25 bits per heavy atom. The number of amides is 1. The van der Waals surface area contributed by atoms with E-state index >= 15 is 0 Å². The van der Waals surface area contributed by atoms with Crippen molar-refractivity contribution in [2.24, 2.45) is 0 Å². The summed E-state index contributed by atoms with van der Waals surface area (Å²) in [5.74, 6) is -1.59. The Labute approximate surface area is 124 Å². The lowest BCUT2D eigenvalue weighted by Crippen LogP contribution is -2.50. The average molecular weight is 345 g/mol. The van der Waals surface area contributed by atoms with Crippen LogP contribution in [0.5, 0.6) is 0 Å². The van der Waals surface area contributed by atoms with Crippen LogP contribution in [0.25, 0.3) is 0 Å². The Morgan fingerprint density at radius 2 is 1.90 bits per heavy atom. The van der Waals surface area contributed by atoms with Gasteiger partial charge in [-0.05, 0) is 28.1 Å². The largest absolute Gasteiger partial charge is 0.480 e. The smallest absolute Gasteiger partial charge is 0.317 e. The van der Waals surface area contributed by atoms with Gasteiger partial charge in [-0.1, -0.05) is 6.07 Å². The number of hydrogen-bond donors (Lipinski definition) is 1. The Kier molecular flexibility index (Phi) is 4.72. The van der Waals surface area contributed by atoms with E-state index in [1.54, 1.807) is 15.9 Å². The summed E-state index contributed by atoms with van der Waals surface area (Å²) in [5.41, 5.74) is 0.289. The quantitative estimate of drug-likeness (QED) is 0.901. The second-order valence-corrected chi connectivity index (χ2v) is 5.36. The molecule has 108 valence electrons. The molecule has 1 aliphatic heterocycles. The SMILES string of the molecule is O=C(O)CN1CCN(C(=O)c2cccc(F)c2Br)CC1. The van der Waals surface area contributed by atoms with Gasteiger partial charge >= 0.3 is 5.97 Å². The number of piperazine rings is 1. The summed E-state index contributed by atoms with van der Waals surface area (Å²) in [6, 6.07) is 4.35. The molecule has 1 heterocycles. The Morgan fingerprint density at radius 3 is 2.50 bits per heavy atom. The van der Waals surface area contributed by atoms with Crippen LogP contribution in [-0.4, -0.2) is 59.5 Å². The van der Waals surface area contributed by atoms with E-state index in [1.807, 2.05) is 0 Å². The zero-order valence-corrected chi connectivity index (χ0v) is 12.3. The number of halogens is 2. The van der Waals surface area contributed by atoms with E-state index in [0.29, 0.717) is 26.2 Å². The fourth-order valence-corrected chi connectivity index (χ4v) is 2.57. The van der Waals surface area contributed by atoms with Crippen LogP contribution in [0.2, 0.25) is 0 Å². The van der Waals surface area contributed by atoms with Crippen LogP contribution in [0.4, 0.5) is 4.39 Å². The highest BCUT2D eigenvalue weighted by atomic mass is 79.9. The van der Waals surface area contributed by atoms with Gasteiger partial charge in [0.15, 0.2) is 0 Å². The second-order valence-electron chi connectivity index (χ2n) is 4.56. The summed E-state index contributed by atoms with van der Waals surface area (Å²) in [4.78, 5) is 26.3. The molecular weight excluding hydrogens is 331 g/mol. The van der Waals surface area contributed by atoms with Crippen LogP contribution >= 0.6 is 15.9 Å². The number of carbonyl (C=O) groups is 2. The fraction of sp³-hybridized carbons (Fsp3) is 0.385. The highest BCUT2D eigenvalue weighted by molar-refractivity contribution is 9.10. The first kappa shape index (κ1) is 14.9. The molecule has 0 aliphatic carbocycles. The van der Waals surface area contributed by atoms with Gasteiger partial charge in [0.25, 0.3) is 5.91 Å². The second kappa shape index (κ2) is 6.32. The number of carbonyl (C=O) groups excluding carboxylic acids is 1. The Hall–Kier alpha value is -1.47. The first-order chi connectivity index (χ1) is 9.49. The van der Waals surface area contributed by atoms with Crippen LogP contribution in [0.3, 0.4) is 0 Å². The monoisotopic (exact) mass is 344 g/mol. The van der Waals surface area contributed by atoms with Crippen LogP contribution in [0.15, 0.2) is 22.7 Å². The highest BCUT2D eigenvalue weighted by Crippen LogP contribution is 2.22. The third-order valence-electron chi connectivity index (χ3n) is 3.20. The van der Waals surface area contributed by atoms with E-state index in [2.05, 4.69) is 15.9 Å². The number of nitrogens with zero attached hydrogens (tertiary/aromatic N) is 2. The molecule has 0 atom stereocenters. The Balaban J connectivity index is 2.02. The number of benzene rings is 1. The number of carboxylic acid groups (broad SMARTS) is 1. The summed E-state index contributed by atoms with van der Waals surface area (Å²) >= 11 is 3.08. The van der Waals surface area contributed by atoms with Crippen molar-refractivity contribution in [2.45, 2.75) is 0 Å². The third kappa shape index (κ3) is 3.34. The summed E-state index contributed by atoms with van der Waals surface area (Å²) in [7, 11) is 0. The molecular formula is C13H14BrFN2O3. The first-order valence-corrected chi connectivity index (χ1v) is 6.96. The van der Waals surface area contributed by atoms with E-state index in [9.17, 15) is 14.0 Å². The van der Waals surface area contributed by atoms with Gasteiger partial charge in [0.2, 0.25) is 0 Å². The average Bonchev–Trinajstić information content (AvgIpc) is 2.41. The molecule has 5 nitrogen and oxygen atoms in total. The summed E-state index contributed by atoms with van der Waals surface area (Å²) in [6.07, 6.45) is 0. The minimum atomic E-state index is -0.877. The lowest BCUT2D eigenvalue weighted by Gasteiger charge is -2.34. The number of rotatable bonds is 3. The van der Waals surface area contributed by atoms with Crippen molar-refractivity contribution in [2.75, 3.05) is 32.7 Å². The van der Waals surface area contributed by atoms with Crippen molar-refractivity contribution in [3.05, 3.63) is 34.1 Å². The van der Waals surface area contributed by atoms with Crippen molar-refractivity contribution in [3.8, 4) is 0 Å². The van der Waals surface area contributed by atoms with E-state index in [1.165, 1.54) is 12.1 Å². The van der Waals surface area contributed by atoms with Crippen molar-refractivity contribution < 1.29 is 19.1 Å². The van der Waals surface area contributed by atoms with Gasteiger partial charge < -0.3 is 10.0 Å². The maximum Gasteiger partial charge on any atom is 0.317 e. The zero-order valence-electron chi connectivity index (χ0n) is 10.7. The Bertz CT molecular complexity index is 530. The fourth-order valence-electron chi connectivity index (χ4n) is 2.14. The molecule has 1 fully saturated rings. The van der Waals surface area contributed by atoms with Crippen molar-refractivity contribution in [3.63, 3.8) is 0 Å². The van der Waals surface area contributed by atoms with Gasteiger partial charge in [0, 0.05) is 26.2 Å². The van der Waals surface area contributed by atoms with Gasteiger partial charge in [-0.15, -0.1) is 0 Å². The molecule has 20 heavy (non-hydrogen) atoms. The van der Waals surface area contributed by atoms with Crippen LogP contribution < -0.4 is 0 Å². The van der Waals surface area contributed by atoms with Gasteiger partial charge in [0.05, 0.1) is 16.6 Å². The van der Waals surface area contributed by atoms with Gasteiger partial charge in [0.1, 0.15) is 5.82 Å². The lowest BCUT2D eigenvalue weighted by atomic mass is 10.1. The molecule has 1 amide bonds. The maximum absolute atomic E-state index is 13.4. The first-order valence-electron chi connectivity index (χ1n) is 6.16. The predicted molar refractivity (Wildman–Crippen MR) is 74.1 cm³/mol. The number of carboxylic acids is 1. The molecule has 1 aromatic carbocycles. The van der Waals surface area contributed by atoms with E-state index in [4.69, 9.17) is 5.11 Å². The molecule has 0 spiro atoms. The molecule has 7 heteroatoms. The van der Waals surface area contributed by atoms with E-state index in [0.717, 1.165) is 0 Å². The molecule has 1 aromatic rings. The third-order valence-corrected chi connectivity index (χ3v) is 4.01. The topological polar surface area (TPSA) is 60.9 Å². The molecule has 0 unspecified atom stereocenters. The molecule has 0 radical (unpaired) electrons. The zero-order chi connectivity index (χ0) is 14.7. The maximum atomic E-state index is 13.4. The van der Waals surface area contributed by atoms with Crippen molar-refractivity contribution in [1.82, 2.24) is 9.80 Å². The summed E-state index contributed by atoms with van der Waals surface area (Å²) < 4.78 is 13.6. The van der Waals surface area contributed by atoms with Crippen LogP contribution in [0, 0.1) is 5.82 Å². The van der Waals surface area contributed by atoms with Crippen molar-refractivity contribution in [1.29, 1.82) is 0 Å². The molecule has 0 aromatic heterocycles. The molecule has 1 aliphatic rings. The van der Waals surface area contributed by atoms with Crippen molar-refractivity contribution >= 4 is 27.8 Å². The van der Waals surface area contributed by atoms with Gasteiger partial charge in [-0.25, -0.2) is 4.39 Å². The lowest BCUT2D eigenvalue weighted by molar-refractivity contribution is -0.138. The number of aliphatic carboxylic acids is 1. The van der Waals surface area contributed by atoms with Gasteiger partial charge in [-0.2, -0.15) is 0 Å². The van der Waals surface area contributed by atoms with E-state index in [-0.39, 0.29) is 22.5 Å². The minimum absolute atomic E-state index is 0.0221. The predicted octanol–water partition coefficient (Wildman–Crippen LogP) is 1.43. The molecule has 2 rings (SSSR count). The molecule has 1 saturated heterocycles. The highest BCUT2D eigenvalue weighted by Gasteiger charge is 2.24. The normalized spacial score (nSPS) is 16.2. The van der Waals surface area contributed by atoms with Crippen LogP contribution in [-0.2, 0) is 4.79 Å². The molecule has 0 saturated carbocycles.